The molecule has 6 nitrogen and oxygen atoms in total. The summed E-state index contributed by atoms with van der Waals surface area (Å²) in [5.74, 6) is -3.58. The summed E-state index contributed by atoms with van der Waals surface area (Å²) in [6, 6.07) is 0. The van der Waals surface area contributed by atoms with Gasteiger partial charge in [-0.3, -0.25) is 9.59 Å². The minimum absolute atomic E-state index is 0.0157. The van der Waals surface area contributed by atoms with E-state index < -0.39 is 41.4 Å². The first kappa shape index (κ1) is 27.7. The fourth-order valence-electron chi connectivity index (χ4n) is 6.18. The Morgan fingerprint density at radius 2 is 1.77 bits per heavy atom. The Morgan fingerprint density at radius 3 is 2.43 bits per heavy atom. The molecule has 0 radical (unpaired) electrons. The minimum atomic E-state index is -1.15. The highest BCUT2D eigenvalue weighted by atomic mass is 35.5. The first-order chi connectivity index (χ1) is 16.4. The molecule has 1 saturated carbocycles. The second-order valence-electron chi connectivity index (χ2n) is 10.6. The summed E-state index contributed by atoms with van der Waals surface area (Å²) in [7, 11) is 0. The van der Waals surface area contributed by atoms with E-state index in [-0.39, 0.29) is 40.4 Å². The molecule has 2 N–H and O–H groups in total. The van der Waals surface area contributed by atoms with Gasteiger partial charge in [0, 0.05) is 12.5 Å². The standard InChI is InChI=1S/C28H39ClO6/c1-7-34-26-17(4)21-19(14-28(26,6)33)12-13-20-15(2)10-8-9-11-16(3)35-27(32)18(5)24(30)23(29)25(31)22(20)21/h8-13,15-22,26,31,33H,7,14H2,1-6H3/b10-8-,11-9+,25-23?/t15-,16+,17+,18+,19-,20+,21-,22-,26-,28-/m1/s1. The second kappa shape index (κ2) is 11.0. The number of carbonyl (C=O) groups excluding carboxylic acids is 2. The van der Waals surface area contributed by atoms with Gasteiger partial charge in [0.2, 0.25) is 0 Å². The summed E-state index contributed by atoms with van der Waals surface area (Å²) >= 11 is 6.52. The van der Waals surface area contributed by atoms with E-state index in [1.807, 2.05) is 32.1 Å². The van der Waals surface area contributed by atoms with Crippen LogP contribution in [0.2, 0.25) is 0 Å². The predicted octanol–water partition coefficient (Wildman–Crippen LogP) is 5.12. The van der Waals surface area contributed by atoms with Gasteiger partial charge < -0.3 is 19.7 Å². The van der Waals surface area contributed by atoms with Crippen molar-refractivity contribution in [3.8, 4) is 0 Å². The molecule has 0 aromatic carbocycles. The topological polar surface area (TPSA) is 93.1 Å². The number of fused-ring (bicyclic) bond motifs is 3. The first-order valence-corrected chi connectivity index (χ1v) is 13.0. The van der Waals surface area contributed by atoms with Crippen LogP contribution in [0.3, 0.4) is 0 Å². The highest BCUT2D eigenvalue weighted by Crippen LogP contribution is 2.53. The monoisotopic (exact) mass is 506 g/mol. The minimum Gasteiger partial charge on any atom is -0.510 e. The van der Waals surface area contributed by atoms with E-state index in [0.29, 0.717) is 13.0 Å². The van der Waals surface area contributed by atoms with Gasteiger partial charge in [-0.2, -0.15) is 0 Å². The van der Waals surface area contributed by atoms with Gasteiger partial charge in [0.25, 0.3) is 0 Å². The Labute approximate surface area is 213 Å². The number of hydrogen-bond acceptors (Lipinski definition) is 6. The van der Waals surface area contributed by atoms with E-state index in [1.54, 1.807) is 19.9 Å². The zero-order valence-corrected chi connectivity index (χ0v) is 22.2. The smallest absolute Gasteiger partial charge is 0.317 e. The quantitative estimate of drug-likeness (QED) is 0.306. The summed E-state index contributed by atoms with van der Waals surface area (Å²) in [4.78, 5) is 25.7. The molecule has 35 heavy (non-hydrogen) atoms. The van der Waals surface area contributed by atoms with Crippen molar-refractivity contribution in [2.45, 2.75) is 65.8 Å². The molecule has 3 aliphatic rings. The molecular weight excluding hydrogens is 468 g/mol. The van der Waals surface area contributed by atoms with E-state index in [0.717, 1.165) is 0 Å². The average molecular weight is 507 g/mol. The van der Waals surface area contributed by atoms with Crippen molar-refractivity contribution in [2.24, 2.45) is 41.4 Å². The summed E-state index contributed by atoms with van der Waals surface area (Å²) in [5.41, 5.74) is -1.03. The molecule has 0 aromatic rings. The lowest BCUT2D eigenvalue weighted by Crippen LogP contribution is -2.57. The number of allylic oxidation sites excluding steroid dienone is 7. The van der Waals surface area contributed by atoms with Crippen molar-refractivity contribution in [3.63, 3.8) is 0 Å². The first-order valence-electron chi connectivity index (χ1n) is 12.6. The molecule has 0 spiro atoms. The van der Waals surface area contributed by atoms with Crippen LogP contribution >= 0.6 is 11.6 Å². The average Bonchev–Trinajstić information content (AvgIpc) is 2.80. The van der Waals surface area contributed by atoms with Gasteiger partial charge in [-0.25, -0.2) is 0 Å². The Balaban J connectivity index is 2.15. The molecule has 7 heteroatoms. The van der Waals surface area contributed by atoms with Crippen molar-refractivity contribution in [2.75, 3.05) is 6.61 Å². The van der Waals surface area contributed by atoms with Crippen LogP contribution in [0.4, 0.5) is 0 Å². The van der Waals surface area contributed by atoms with Gasteiger partial charge >= 0.3 is 5.97 Å². The maximum atomic E-state index is 13.1. The number of rotatable bonds is 2. The molecule has 3 rings (SSSR count). The van der Waals surface area contributed by atoms with Crippen LogP contribution in [0.1, 0.15) is 48.0 Å². The van der Waals surface area contributed by atoms with Gasteiger partial charge in [0.1, 0.15) is 22.8 Å². The molecule has 0 bridgehead atoms. The Morgan fingerprint density at radius 1 is 1.11 bits per heavy atom. The summed E-state index contributed by atoms with van der Waals surface area (Å²) in [6.07, 6.45) is 11.3. The lowest BCUT2D eigenvalue weighted by molar-refractivity contribution is -0.175. The number of aliphatic hydroxyl groups is 2. The number of esters is 1. The van der Waals surface area contributed by atoms with Gasteiger partial charge in [-0.05, 0) is 69.8 Å². The van der Waals surface area contributed by atoms with Gasteiger partial charge in [0.15, 0.2) is 5.78 Å². The van der Waals surface area contributed by atoms with Crippen molar-refractivity contribution < 1.29 is 29.3 Å². The molecule has 1 heterocycles. The van der Waals surface area contributed by atoms with Gasteiger partial charge in [0.05, 0.1) is 11.7 Å². The lowest BCUT2D eigenvalue weighted by Gasteiger charge is -2.54. The van der Waals surface area contributed by atoms with Crippen LogP contribution in [-0.4, -0.2) is 46.4 Å². The van der Waals surface area contributed by atoms with E-state index in [2.05, 4.69) is 19.1 Å². The van der Waals surface area contributed by atoms with Crippen molar-refractivity contribution in [1.82, 2.24) is 0 Å². The molecule has 0 amide bonds. The molecule has 0 unspecified atom stereocenters. The zero-order valence-electron chi connectivity index (χ0n) is 21.5. The van der Waals surface area contributed by atoms with Gasteiger partial charge in [-0.1, -0.05) is 55.8 Å². The molecule has 10 atom stereocenters. The Kier molecular flexibility index (Phi) is 8.72. The summed E-state index contributed by atoms with van der Waals surface area (Å²) in [5, 5.41) is 22.4. The highest BCUT2D eigenvalue weighted by molar-refractivity contribution is 6.44. The number of cyclic esters (lactones) is 1. The van der Waals surface area contributed by atoms with E-state index >= 15 is 0 Å². The molecular formula is C28H39ClO6. The number of ether oxygens (including phenoxy) is 2. The molecule has 0 saturated heterocycles. The number of hydrogen-bond donors (Lipinski definition) is 2. The normalized spacial score (nSPS) is 44.6. The highest BCUT2D eigenvalue weighted by Gasteiger charge is 2.54. The van der Waals surface area contributed by atoms with Crippen LogP contribution in [-0.2, 0) is 19.1 Å². The fourth-order valence-corrected chi connectivity index (χ4v) is 6.47. The Hall–Kier alpha value is -1.89. The number of halogens is 1. The molecule has 1 fully saturated rings. The maximum Gasteiger partial charge on any atom is 0.317 e. The largest absolute Gasteiger partial charge is 0.510 e. The van der Waals surface area contributed by atoms with Gasteiger partial charge in [-0.15, -0.1) is 0 Å². The number of carbonyl (C=O) groups is 2. The lowest BCUT2D eigenvalue weighted by atomic mass is 9.55. The molecule has 2 aliphatic carbocycles. The van der Waals surface area contributed by atoms with E-state index in [9.17, 15) is 19.8 Å². The van der Waals surface area contributed by atoms with Crippen molar-refractivity contribution in [3.05, 3.63) is 47.2 Å². The van der Waals surface area contributed by atoms with Crippen LogP contribution in [0, 0.1) is 41.4 Å². The fraction of sp³-hybridized carbons (Fsp3) is 0.643. The third-order valence-electron chi connectivity index (χ3n) is 7.92. The zero-order chi connectivity index (χ0) is 26.1. The molecule has 0 aromatic heterocycles. The Bertz CT molecular complexity index is 932. The molecule has 1 aliphatic heterocycles. The number of Topliss-reactive ketones (excluding diaryl/α,β-unsaturated/α-hetero) is 1. The number of ketones is 1. The van der Waals surface area contributed by atoms with E-state index in [4.69, 9.17) is 21.1 Å². The third kappa shape index (κ3) is 5.60. The predicted molar refractivity (Wildman–Crippen MR) is 136 cm³/mol. The maximum absolute atomic E-state index is 13.1. The van der Waals surface area contributed by atoms with E-state index in [1.165, 1.54) is 6.92 Å². The van der Waals surface area contributed by atoms with Crippen molar-refractivity contribution >= 4 is 23.4 Å². The van der Waals surface area contributed by atoms with Crippen molar-refractivity contribution in [1.29, 1.82) is 0 Å². The second-order valence-corrected chi connectivity index (χ2v) is 11.0. The van der Waals surface area contributed by atoms with Crippen LogP contribution in [0.15, 0.2) is 47.2 Å². The summed E-state index contributed by atoms with van der Waals surface area (Å²) in [6.45, 7) is 11.4. The van der Waals surface area contributed by atoms with Crippen LogP contribution < -0.4 is 0 Å². The van der Waals surface area contributed by atoms with Crippen LogP contribution in [0.5, 0.6) is 0 Å². The SMILES string of the molecule is CCO[C@@H]1[C@@H](C)[C@H]2[C@@H]3C(O)=C(Cl)C(=O)[C@H](C)C(=O)O[C@@H](C)/C=C/C=C\[C@@H](C)[C@@H]3C=C[C@@H]2C[C@@]1(C)O. The third-order valence-corrected chi connectivity index (χ3v) is 8.30. The van der Waals surface area contributed by atoms with Crippen LogP contribution in [0.25, 0.3) is 0 Å². The molecule has 194 valence electrons. The summed E-state index contributed by atoms with van der Waals surface area (Å²) < 4.78 is 11.4. The number of aliphatic hydroxyl groups excluding tert-OH is 1.